The first-order valence-corrected chi connectivity index (χ1v) is 10.1. The van der Waals surface area contributed by atoms with Gasteiger partial charge in [0, 0.05) is 0 Å². The van der Waals surface area contributed by atoms with Gasteiger partial charge >= 0.3 is 148 Å². The Morgan fingerprint density at radius 2 is 2.12 bits per heavy atom. The van der Waals surface area contributed by atoms with E-state index in [0.29, 0.717) is 20.6 Å². The molecule has 2 unspecified atom stereocenters. The van der Waals surface area contributed by atoms with Crippen molar-refractivity contribution in [2.75, 3.05) is 24.6 Å². The van der Waals surface area contributed by atoms with Gasteiger partial charge in [-0.1, -0.05) is 0 Å². The van der Waals surface area contributed by atoms with Crippen LogP contribution in [0.2, 0.25) is 4.71 Å². The second-order valence-electron chi connectivity index (χ2n) is 6.20. The summed E-state index contributed by atoms with van der Waals surface area (Å²) in [7, 11) is 0. The number of nitrogens with zero attached hydrogens (tertiary/aromatic N) is 2. The molecule has 25 heavy (non-hydrogen) atoms. The average molecular weight is 416 g/mol. The Labute approximate surface area is 148 Å². The number of anilines is 1. The molecule has 10 heteroatoms. The van der Waals surface area contributed by atoms with E-state index >= 15 is 0 Å². The van der Waals surface area contributed by atoms with Gasteiger partial charge in [-0.2, -0.15) is 0 Å². The van der Waals surface area contributed by atoms with E-state index in [1.807, 2.05) is 0 Å². The van der Waals surface area contributed by atoms with E-state index in [9.17, 15) is 18.0 Å². The standard InChI is InChI=1S/C15H16AsF3N4O2/c1-7-14(24)22-21-13-6-25-12-2-9(15(17,18)19)10(3-11(12)23(7)13)16-8-4-20-5-8/h2-3,7-8,16,20H,4-6H2,1H3,(H,22,24). The van der Waals surface area contributed by atoms with Crippen LogP contribution in [-0.2, 0) is 11.0 Å². The molecule has 6 nitrogen and oxygen atoms in total. The second kappa shape index (κ2) is 5.91. The van der Waals surface area contributed by atoms with Gasteiger partial charge in [0.2, 0.25) is 0 Å². The molecule has 0 aromatic heterocycles. The number of ether oxygens (including phenoxy) is 1. The molecule has 4 rings (SSSR count). The zero-order chi connectivity index (χ0) is 17.8. The van der Waals surface area contributed by atoms with Gasteiger partial charge < -0.3 is 0 Å². The molecule has 1 fully saturated rings. The van der Waals surface area contributed by atoms with Gasteiger partial charge in [0.05, 0.1) is 0 Å². The van der Waals surface area contributed by atoms with E-state index in [0.717, 1.165) is 19.2 Å². The van der Waals surface area contributed by atoms with Crippen LogP contribution in [0.5, 0.6) is 5.75 Å². The van der Waals surface area contributed by atoms with E-state index in [2.05, 4.69) is 15.8 Å². The number of fused-ring (bicyclic) bond motifs is 3. The van der Waals surface area contributed by atoms with E-state index < -0.39 is 33.5 Å². The number of hydrogen-bond acceptors (Lipinski definition) is 5. The van der Waals surface area contributed by atoms with Crippen LogP contribution in [0, 0.1) is 0 Å². The Hall–Kier alpha value is -1.73. The quantitative estimate of drug-likeness (QED) is 0.676. The number of hydrazone groups is 1. The molecule has 2 N–H and O–H groups in total. The van der Waals surface area contributed by atoms with Crippen molar-refractivity contribution in [3.8, 4) is 5.75 Å². The Balaban J connectivity index is 1.81. The second-order valence-corrected chi connectivity index (χ2v) is 9.65. The summed E-state index contributed by atoms with van der Waals surface area (Å²) in [5.74, 6) is 0.350. The van der Waals surface area contributed by atoms with Crippen molar-refractivity contribution in [3.63, 3.8) is 0 Å². The minimum absolute atomic E-state index is 0.0249. The van der Waals surface area contributed by atoms with Gasteiger partial charge in [0.1, 0.15) is 0 Å². The monoisotopic (exact) mass is 416 g/mol. The van der Waals surface area contributed by atoms with Crippen LogP contribution in [0.15, 0.2) is 17.2 Å². The number of hydrogen-bond donors (Lipinski definition) is 2. The number of carbonyl (C=O) groups excluding carboxylic acids is 1. The Bertz CT molecular complexity index is 764. The molecule has 3 heterocycles. The molecule has 1 saturated heterocycles. The van der Waals surface area contributed by atoms with Crippen molar-refractivity contribution in [2.24, 2.45) is 5.10 Å². The molecule has 0 saturated carbocycles. The maximum absolute atomic E-state index is 13.5. The summed E-state index contributed by atoms with van der Waals surface area (Å²) in [5.41, 5.74) is 2.28. The third-order valence-corrected chi connectivity index (χ3v) is 7.74. The van der Waals surface area contributed by atoms with E-state index in [-0.39, 0.29) is 18.3 Å². The predicted molar refractivity (Wildman–Crippen MR) is 87.9 cm³/mol. The molecule has 2 atom stereocenters. The summed E-state index contributed by atoms with van der Waals surface area (Å²) in [5, 5.41) is 7.07. The third-order valence-electron chi connectivity index (χ3n) is 4.50. The SMILES string of the molecule is CC1C(=O)NN=C2COc3cc(C(F)(F)F)c([AsH]C4CNC4)cc3N21. The normalized spacial score (nSPS) is 23.5. The minimum atomic E-state index is -4.42. The Morgan fingerprint density at radius 1 is 1.36 bits per heavy atom. The molecule has 3 aliphatic rings. The van der Waals surface area contributed by atoms with E-state index in [4.69, 9.17) is 4.74 Å². The summed E-state index contributed by atoms with van der Waals surface area (Å²) in [4.78, 5) is 13.6. The number of amides is 1. The number of alkyl halides is 3. The fourth-order valence-corrected chi connectivity index (χ4v) is 6.23. The van der Waals surface area contributed by atoms with Gasteiger partial charge in [0.25, 0.3) is 0 Å². The first-order chi connectivity index (χ1) is 11.8. The summed E-state index contributed by atoms with van der Waals surface area (Å²) in [6.45, 7) is 3.25. The van der Waals surface area contributed by atoms with Gasteiger partial charge in [-0.05, 0) is 0 Å². The number of rotatable bonds is 2. The first-order valence-electron chi connectivity index (χ1n) is 7.85. The number of halogens is 3. The van der Waals surface area contributed by atoms with Crippen LogP contribution < -0.4 is 24.7 Å². The molecular formula is C15H16AsF3N4O2. The van der Waals surface area contributed by atoms with Crippen LogP contribution >= 0.6 is 0 Å². The van der Waals surface area contributed by atoms with Crippen molar-refractivity contribution in [2.45, 2.75) is 23.8 Å². The number of carbonyl (C=O) groups is 1. The third kappa shape index (κ3) is 2.89. The van der Waals surface area contributed by atoms with Gasteiger partial charge in [0.15, 0.2) is 0 Å². The van der Waals surface area contributed by atoms with Crippen molar-refractivity contribution < 1.29 is 22.7 Å². The number of nitrogens with one attached hydrogen (secondary N) is 2. The fraction of sp³-hybridized carbons (Fsp3) is 0.467. The molecule has 1 aromatic rings. The van der Waals surface area contributed by atoms with Crippen molar-refractivity contribution >= 4 is 37.5 Å². The van der Waals surface area contributed by atoms with Crippen molar-refractivity contribution in [3.05, 3.63) is 17.7 Å². The van der Waals surface area contributed by atoms with Crippen molar-refractivity contribution in [1.82, 2.24) is 10.7 Å². The zero-order valence-electron chi connectivity index (χ0n) is 13.3. The Morgan fingerprint density at radius 3 is 2.76 bits per heavy atom. The van der Waals surface area contributed by atoms with Crippen LogP contribution in [0.4, 0.5) is 18.9 Å². The number of amidine groups is 1. The van der Waals surface area contributed by atoms with Crippen molar-refractivity contribution in [1.29, 1.82) is 0 Å². The van der Waals surface area contributed by atoms with E-state index in [1.54, 1.807) is 17.9 Å². The topological polar surface area (TPSA) is 66.0 Å². The molecule has 1 aromatic carbocycles. The summed E-state index contributed by atoms with van der Waals surface area (Å²) >= 11 is -0.966. The first kappa shape index (κ1) is 16.7. The molecule has 0 aliphatic carbocycles. The molecule has 0 spiro atoms. The van der Waals surface area contributed by atoms with Gasteiger partial charge in [-0.15, -0.1) is 0 Å². The molecule has 0 bridgehead atoms. The molecular weight excluding hydrogens is 400 g/mol. The van der Waals surface area contributed by atoms with Gasteiger partial charge in [-0.3, -0.25) is 0 Å². The summed E-state index contributed by atoms with van der Waals surface area (Å²) in [6, 6.07) is 2.08. The fourth-order valence-electron chi connectivity index (χ4n) is 3.04. The summed E-state index contributed by atoms with van der Waals surface area (Å²) in [6.07, 6.45) is -4.42. The Kier molecular flexibility index (Phi) is 3.96. The van der Waals surface area contributed by atoms with Gasteiger partial charge in [-0.25, -0.2) is 0 Å². The van der Waals surface area contributed by atoms with Crippen LogP contribution in [-0.4, -0.2) is 53.2 Å². The number of benzene rings is 1. The van der Waals surface area contributed by atoms with E-state index in [1.165, 1.54) is 0 Å². The molecule has 0 radical (unpaired) electrons. The summed E-state index contributed by atoms with van der Waals surface area (Å²) < 4.78 is 46.7. The molecule has 1 amide bonds. The van der Waals surface area contributed by atoms with Crippen LogP contribution in [0.3, 0.4) is 0 Å². The molecule has 134 valence electrons. The van der Waals surface area contributed by atoms with Crippen LogP contribution in [0.25, 0.3) is 0 Å². The average Bonchev–Trinajstić information content (AvgIpc) is 2.52. The maximum atomic E-state index is 13.5. The molecule has 3 aliphatic heterocycles. The van der Waals surface area contributed by atoms with Crippen LogP contribution in [0.1, 0.15) is 12.5 Å². The predicted octanol–water partition coefficient (Wildman–Crippen LogP) is 0.189. The zero-order valence-corrected chi connectivity index (χ0v) is 15.4.